The van der Waals surface area contributed by atoms with Crippen molar-refractivity contribution in [2.45, 2.75) is 20.3 Å². The Morgan fingerprint density at radius 1 is 1.44 bits per heavy atom. The number of H-pyrrole nitrogens is 1. The summed E-state index contributed by atoms with van der Waals surface area (Å²) in [4.78, 5) is 7.41. The molecule has 0 spiro atoms. The van der Waals surface area contributed by atoms with Gasteiger partial charge in [-0.25, -0.2) is 9.37 Å². The zero-order chi connectivity index (χ0) is 13.3. The number of nitrogens with one attached hydrogen (secondary N) is 1. The molecule has 1 N–H and O–H groups in total. The fourth-order valence-electron chi connectivity index (χ4n) is 1.71. The quantitative estimate of drug-likeness (QED) is 0.823. The molecule has 5 heteroatoms. The van der Waals surface area contributed by atoms with Crippen molar-refractivity contribution in [2.75, 3.05) is 0 Å². The number of aromatic nitrogens is 2. The Morgan fingerprint density at radius 2 is 2.17 bits per heavy atom. The first-order valence-electron chi connectivity index (χ1n) is 5.58. The monoisotopic (exact) mass is 282 g/mol. The minimum Gasteiger partial charge on any atom is -0.343 e. The molecule has 1 aromatic carbocycles. The Morgan fingerprint density at radius 3 is 2.83 bits per heavy atom. The number of hydrogen-bond acceptors (Lipinski definition) is 2. The maximum atomic E-state index is 13.3. The third-order valence-corrected chi connectivity index (χ3v) is 3.46. The molecule has 2 nitrogen and oxygen atoms in total. The molecule has 0 aliphatic carbocycles. The Bertz CT molecular complexity index is 652. The predicted octanol–water partition coefficient (Wildman–Crippen LogP) is 4.47. The van der Waals surface area contributed by atoms with E-state index in [0.717, 1.165) is 23.5 Å². The molecule has 18 heavy (non-hydrogen) atoms. The van der Waals surface area contributed by atoms with Crippen molar-refractivity contribution >= 4 is 23.8 Å². The van der Waals surface area contributed by atoms with E-state index in [2.05, 4.69) is 9.97 Å². The van der Waals surface area contributed by atoms with Gasteiger partial charge < -0.3 is 4.98 Å². The van der Waals surface area contributed by atoms with Crippen molar-refractivity contribution < 1.29 is 4.39 Å². The van der Waals surface area contributed by atoms with E-state index in [1.165, 1.54) is 18.2 Å². The molecule has 0 unspecified atom stereocenters. The van der Waals surface area contributed by atoms with Crippen molar-refractivity contribution in [2.24, 2.45) is 0 Å². The van der Waals surface area contributed by atoms with E-state index >= 15 is 0 Å². The average molecular weight is 283 g/mol. The first kappa shape index (κ1) is 13.2. The molecule has 0 saturated heterocycles. The maximum Gasteiger partial charge on any atom is 0.133 e. The van der Waals surface area contributed by atoms with Crippen LogP contribution in [0.25, 0.3) is 11.3 Å². The molecule has 0 aliphatic heterocycles. The summed E-state index contributed by atoms with van der Waals surface area (Å²) >= 11 is 11.3. The number of nitrogens with zero attached hydrogens (tertiary/aromatic N) is 1. The van der Waals surface area contributed by atoms with Gasteiger partial charge in [-0.15, -0.1) is 0 Å². The van der Waals surface area contributed by atoms with Gasteiger partial charge in [0.25, 0.3) is 0 Å². The predicted molar refractivity (Wildman–Crippen MR) is 73.9 cm³/mol. The Balaban J connectivity index is 2.74. The largest absolute Gasteiger partial charge is 0.343 e. The zero-order valence-electron chi connectivity index (χ0n) is 10.1. The minimum absolute atomic E-state index is 0.331. The number of hydrogen-bond donors (Lipinski definition) is 1. The fourth-order valence-corrected chi connectivity index (χ4v) is 2.13. The van der Waals surface area contributed by atoms with E-state index in [1.54, 1.807) is 0 Å². The van der Waals surface area contributed by atoms with Crippen LogP contribution in [0, 0.1) is 17.4 Å². The molecule has 0 bridgehead atoms. The lowest BCUT2D eigenvalue weighted by Crippen LogP contribution is -2.00. The van der Waals surface area contributed by atoms with Crippen LogP contribution in [0.15, 0.2) is 18.2 Å². The summed E-state index contributed by atoms with van der Waals surface area (Å²) in [6, 6.07) is 4.27. The van der Waals surface area contributed by atoms with Gasteiger partial charge in [-0.1, -0.05) is 30.7 Å². The number of aromatic amines is 1. The van der Waals surface area contributed by atoms with E-state index in [4.69, 9.17) is 23.8 Å². The highest BCUT2D eigenvalue weighted by Gasteiger charge is 2.11. The summed E-state index contributed by atoms with van der Waals surface area (Å²) in [5.41, 5.74) is 2.14. The van der Waals surface area contributed by atoms with E-state index in [0.29, 0.717) is 15.2 Å². The van der Waals surface area contributed by atoms with Gasteiger partial charge in [0, 0.05) is 17.5 Å². The van der Waals surface area contributed by atoms with Crippen LogP contribution < -0.4 is 0 Å². The Kier molecular flexibility index (Phi) is 3.78. The van der Waals surface area contributed by atoms with Gasteiger partial charge in [0.05, 0.1) is 10.7 Å². The van der Waals surface area contributed by atoms with Gasteiger partial charge >= 0.3 is 0 Å². The van der Waals surface area contributed by atoms with Crippen LogP contribution in [0.3, 0.4) is 0 Å². The number of benzene rings is 1. The maximum absolute atomic E-state index is 13.3. The lowest BCUT2D eigenvalue weighted by Gasteiger charge is -2.10. The summed E-state index contributed by atoms with van der Waals surface area (Å²) in [5.74, 6) is 0.434. The number of aryl methyl sites for hydroxylation is 1. The van der Waals surface area contributed by atoms with Crippen LogP contribution in [0.2, 0.25) is 5.02 Å². The molecule has 0 atom stereocenters. The highest BCUT2D eigenvalue weighted by molar-refractivity contribution is 7.71. The summed E-state index contributed by atoms with van der Waals surface area (Å²) in [5, 5.41) is 0.485. The third-order valence-electron chi connectivity index (χ3n) is 2.73. The second kappa shape index (κ2) is 5.16. The molecule has 94 valence electrons. The summed E-state index contributed by atoms with van der Waals surface area (Å²) in [6.45, 7) is 3.82. The van der Waals surface area contributed by atoms with Gasteiger partial charge in [0.2, 0.25) is 0 Å². The second-order valence-corrected chi connectivity index (χ2v) is 4.76. The van der Waals surface area contributed by atoms with Crippen LogP contribution in [0.1, 0.15) is 18.3 Å². The lowest BCUT2D eigenvalue weighted by atomic mass is 10.1. The van der Waals surface area contributed by atoms with E-state index in [1.807, 2.05) is 13.8 Å². The van der Waals surface area contributed by atoms with Crippen LogP contribution in [-0.2, 0) is 6.42 Å². The Hall–Kier alpha value is -1.26. The standard InChI is InChI=1S/C13H12ClFN2S/c1-3-11-16-12(7(2)13(18)17-11)9-6-8(15)4-5-10(9)14/h4-6H,3H2,1-2H3,(H,16,17,18). The molecule has 0 radical (unpaired) electrons. The zero-order valence-corrected chi connectivity index (χ0v) is 11.6. The average Bonchev–Trinajstić information content (AvgIpc) is 2.35. The molecule has 0 fully saturated rings. The third kappa shape index (κ3) is 2.44. The number of halogens is 2. The van der Waals surface area contributed by atoms with Gasteiger partial charge in [-0.2, -0.15) is 0 Å². The highest BCUT2D eigenvalue weighted by Crippen LogP contribution is 2.29. The molecule has 2 aromatic rings. The van der Waals surface area contributed by atoms with Gasteiger partial charge in [0.1, 0.15) is 16.3 Å². The van der Waals surface area contributed by atoms with Crippen molar-refractivity contribution in [3.63, 3.8) is 0 Å². The van der Waals surface area contributed by atoms with Crippen molar-refractivity contribution in [3.05, 3.63) is 45.1 Å². The lowest BCUT2D eigenvalue weighted by molar-refractivity contribution is 0.628. The molecule has 1 aromatic heterocycles. The molecule has 0 saturated carbocycles. The van der Waals surface area contributed by atoms with Gasteiger partial charge in [-0.05, 0) is 25.1 Å². The summed E-state index contributed by atoms with van der Waals surface area (Å²) in [7, 11) is 0. The SMILES string of the molecule is CCc1nc(=S)c(C)c(-c2cc(F)ccc2Cl)[nH]1. The molecular weight excluding hydrogens is 271 g/mol. The Labute approximate surface area is 115 Å². The van der Waals surface area contributed by atoms with Gasteiger partial charge in [0.15, 0.2) is 0 Å². The molecular formula is C13H12ClFN2S. The smallest absolute Gasteiger partial charge is 0.133 e. The summed E-state index contributed by atoms with van der Waals surface area (Å²) in [6.07, 6.45) is 0.726. The number of rotatable bonds is 2. The topological polar surface area (TPSA) is 28.7 Å². The van der Waals surface area contributed by atoms with E-state index < -0.39 is 0 Å². The van der Waals surface area contributed by atoms with Crippen LogP contribution in [0.4, 0.5) is 4.39 Å². The molecule has 0 amide bonds. The van der Waals surface area contributed by atoms with E-state index in [-0.39, 0.29) is 5.82 Å². The van der Waals surface area contributed by atoms with Crippen molar-refractivity contribution in [1.82, 2.24) is 9.97 Å². The normalized spacial score (nSPS) is 10.7. The van der Waals surface area contributed by atoms with Gasteiger partial charge in [-0.3, -0.25) is 0 Å². The summed E-state index contributed by atoms with van der Waals surface area (Å²) < 4.78 is 13.8. The van der Waals surface area contributed by atoms with Crippen LogP contribution >= 0.6 is 23.8 Å². The highest BCUT2D eigenvalue weighted by atomic mass is 35.5. The van der Waals surface area contributed by atoms with Crippen molar-refractivity contribution in [1.29, 1.82) is 0 Å². The molecule has 0 aliphatic rings. The molecule has 2 rings (SSSR count). The van der Waals surface area contributed by atoms with Crippen LogP contribution in [-0.4, -0.2) is 9.97 Å². The van der Waals surface area contributed by atoms with E-state index in [9.17, 15) is 4.39 Å². The fraction of sp³-hybridized carbons (Fsp3) is 0.231. The first-order valence-corrected chi connectivity index (χ1v) is 6.36. The van der Waals surface area contributed by atoms with Crippen LogP contribution in [0.5, 0.6) is 0 Å². The minimum atomic E-state index is -0.331. The van der Waals surface area contributed by atoms with Crippen molar-refractivity contribution in [3.8, 4) is 11.3 Å². The molecule has 1 heterocycles. The second-order valence-electron chi connectivity index (χ2n) is 3.97. The first-order chi connectivity index (χ1) is 8.52.